The van der Waals surface area contributed by atoms with Crippen molar-refractivity contribution in [2.45, 2.75) is 20.8 Å². The highest BCUT2D eigenvalue weighted by atomic mass is 16.5. The van der Waals surface area contributed by atoms with E-state index in [9.17, 15) is 4.79 Å². The first-order chi connectivity index (χ1) is 7.72. The molecule has 4 heteroatoms. The molecule has 0 bridgehead atoms. The summed E-state index contributed by atoms with van der Waals surface area (Å²) >= 11 is 0. The van der Waals surface area contributed by atoms with Gasteiger partial charge in [-0.3, -0.25) is 0 Å². The Labute approximate surface area is 96.2 Å². The maximum Gasteiger partial charge on any atom is 0.339 e. The molecule has 0 atom stereocenters. The van der Waals surface area contributed by atoms with Gasteiger partial charge in [0.2, 0.25) is 0 Å². The van der Waals surface area contributed by atoms with E-state index in [1.54, 1.807) is 19.2 Å². The average Bonchev–Trinajstić information content (AvgIpc) is 2.32. The molecule has 4 nitrogen and oxygen atoms in total. The van der Waals surface area contributed by atoms with Crippen molar-refractivity contribution in [3.05, 3.63) is 23.9 Å². The number of hydrogen-bond acceptors (Lipinski definition) is 4. The van der Waals surface area contributed by atoms with Crippen LogP contribution in [-0.4, -0.2) is 30.6 Å². The van der Waals surface area contributed by atoms with Gasteiger partial charge >= 0.3 is 5.97 Å². The third-order valence-corrected chi connectivity index (χ3v) is 2.35. The second-order valence-electron chi connectivity index (χ2n) is 3.30. The van der Waals surface area contributed by atoms with Crippen LogP contribution in [0.4, 0.5) is 5.82 Å². The van der Waals surface area contributed by atoms with Gasteiger partial charge in [0.05, 0.1) is 12.2 Å². The summed E-state index contributed by atoms with van der Waals surface area (Å²) in [5.41, 5.74) is 0.498. The number of nitrogens with zero attached hydrogens (tertiary/aromatic N) is 2. The van der Waals surface area contributed by atoms with E-state index in [0.29, 0.717) is 12.2 Å². The van der Waals surface area contributed by atoms with Gasteiger partial charge in [0.1, 0.15) is 5.82 Å². The largest absolute Gasteiger partial charge is 0.462 e. The normalized spacial score (nSPS) is 9.94. The minimum atomic E-state index is -0.318. The van der Waals surface area contributed by atoms with Crippen molar-refractivity contribution in [3.63, 3.8) is 0 Å². The molecule has 0 aliphatic rings. The number of carbonyl (C=O) groups excluding carboxylic acids is 1. The molecule has 0 aromatic carbocycles. The predicted molar refractivity (Wildman–Crippen MR) is 63.8 cm³/mol. The standard InChI is InChI=1S/C12H18N2O2/c1-4-14(5-2)11-8-7-10(9-13-11)12(15)16-6-3/h7-9H,4-6H2,1-3H3. The van der Waals surface area contributed by atoms with Crippen molar-refractivity contribution in [3.8, 4) is 0 Å². The van der Waals surface area contributed by atoms with Crippen molar-refractivity contribution in [2.24, 2.45) is 0 Å². The first kappa shape index (κ1) is 12.5. The molecular formula is C12H18N2O2. The molecule has 1 aromatic rings. The molecule has 0 saturated carbocycles. The summed E-state index contributed by atoms with van der Waals surface area (Å²) in [6.07, 6.45) is 1.56. The van der Waals surface area contributed by atoms with E-state index >= 15 is 0 Å². The lowest BCUT2D eigenvalue weighted by Gasteiger charge is -2.19. The van der Waals surface area contributed by atoms with Gasteiger partial charge < -0.3 is 9.64 Å². The highest BCUT2D eigenvalue weighted by molar-refractivity contribution is 5.89. The summed E-state index contributed by atoms with van der Waals surface area (Å²) in [5.74, 6) is 0.569. The number of hydrogen-bond donors (Lipinski definition) is 0. The van der Waals surface area contributed by atoms with E-state index in [-0.39, 0.29) is 5.97 Å². The van der Waals surface area contributed by atoms with E-state index < -0.39 is 0 Å². The zero-order valence-corrected chi connectivity index (χ0v) is 10.1. The number of pyridine rings is 1. The van der Waals surface area contributed by atoms with Crippen molar-refractivity contribution in [2.75, 3.05) is 24.6 Å². The monoisotopic (exact) mass is 222 g/mol. The predicted octanol–water partition coefficient (Wildman–Crippen LogP) is 2.10. The first-order valence-corrected chi connectivity index (χ1v) is 5.61. The van der Waals surface area contributed by atoms with Crippen LogP contribution in [0.1, 0.15) is 31.1 Å². The van der Waals surface area contributed by atoms with Crippen LogP contribution in [0.3, 0.4) is 0 Å². The van der Waals surface area contributed by atoms with Gasteiger partial charge in [0, 0.05) is 19.3 Å². The van der Waals surface area contributed by atoms with Gasteiger partial charge in [0.15, 0.2) is 0 Å². The maximum absolute atomic E-state index is 11.4. The lowest BCUT2D eigenvalue weighted by Crippen LogP contribution is -2.23. The second-order valence-corrected chi connectivity index (χ2v) is 3.30. The average molecular weight is 222 g/mol. The fourth-order valence-electron chi connectivity index (χ4n) is 1.46. The molecule has 1 rings (SSSR count). The smallest absolute Gasteiger partial charge is 0.339 e. The minimum Gasteiger partial charge on any atom is -0.462 e. The first-order valence-electron chi connectivity index (χ1n) is 5.61. The topological polar surface area (TPSA) is 42.4 Å². The van der Waals surface area contributed by atoms with Crippen LogP contribution >= 0.6 is 0 Å². The molecule has 0 N–H and O–H groups in total. The third-order valence-electron chi connectivity index (χ3n) is 2.35. The molecule has 0 aliphatic heterocycles. The number of carbonyl (C=O) groups is 1. The molecule has 0 saturated heterocycles. The van der Waals surface area contributed by atoms with Crippen molar-refractivity contribution >= 4 is 11.8 Å². The molecule has 0 radical (unpaired) electrons. The summed E-state index contributed by atoms with van der Waals surface area (Å²) in [7, 11) is 0. The van der Waals surface area contributed by atoms with Gasteiger partial charge in [0.25, 0.3) is 0 Å². The highest BCUT2D eigenvalue weighted by Crippen LogP contribution is 2.11. The Hall–Kier alpha value is -1.58. The summed E-state index contributed by atoms with van der Waals surface area (Å²) in [5, 5.41) is 0. The molecule has 1 heterocycles. The summed E-state index contributed by atoms with van der Waals surface area (Å²) in [4.78, 5) is 17.8. The summed E-state index contributed by atoms with van der Waals surface area (Å²) < 4.78 is 4.89. The molecule has 88 valence electrons. The van der Waals surface area contributed by atoms with Gasteiger partial charge in [-0.2, -0.15) is 0 Å². The van der Waals surface area contributed by atoms with Gasteiger partial charge in [-0.05, 0) is 32.9 Å². The lowest BCUT2D eigenvalue weighted by atomic mass is 10.3. The quantitative estimate of drug-likeness (QED) is 0.715. The number of ether oxygens (including phenoxy) is 1. The van der Waals surface area contributed by atoms with Crippen LogP contribution < -0.4 is 4.90 Å². The van der Waals surface area contributed by atoms with Gasteiger partial charge in [-0.25, -0.2) is 9.78 Å². The van der Waals surface area contributed by atoms with E-state index in [1.165, 1.54) is 0 Å². The fraction of sp³-hybridized carbons (Fsp3) is 0.500. The SMILES string of the molecule is CCOC(=O)c1ccc(N(CC)CC)nc1. The second kappa shape index (κ2) is 6.10. The Morgan fingerprint density at radius 3 is 2.44 bits per heavy atom. The Bertz CT molecular complexity index is 331. The Balaban J connectivity index is 2.78. The van der Waals surface area contributed by atoms with Crippen molar-refractivity contribution in [1.29, 1.82) is 0 Å². The highest BCUT2D eigenvalue weighted by Gasteiger charge is 2.08. The zero-order chi connectivity index (χ0) is 12.0. The number of anilines is 1. The summed E-state index contributed by atoms with van der Waals surface area (Å²) in [6.45, 7) is 8.13. The van der Waals surface area contributed by atoms with Crippen LogP contribution in [-0.2, 0) is 4.74 Å². The fourth-order valence-corrected chi connectivity index (χ4v) is 1.46. The van der Waals surface area contributed by atoms with Crippen LogP contribution in [0, 0.1) is 0 Å². The zero-order valence-electron chi connectivity index (χ0n) is 10.1. The van der Waals surface area contributed by atoms with E-state index in [1.807, 2.05) is 6.07 Å². The minimum absolute atomic E-state index is 0.318. The Kier molecular flexibility index (Phi) is 4.76. The maximum atomic E-state index is 11.4. The lowest BCUT2D eigenvalue weighted by molar-refractivity contribution is 0.0526. The van der Waals surface area contributed by atoms with Gasteiger partial charge in [-0.15, -0.1) is 0 Å². The number of esters is 1. The van der Waals surface area contributed by atoms with Crippen molar-refractivity contribution < 1.29 is 9.53 Å². The molecule has 1 aromatic heterocycles. The molecule has 0 amide bonds. The van der Waals surface area contributed by atoms with Crippen LogP contribution in [0.25, 0.3) is 0 Å². The van der Waals surface area contributed by atoms with Crippen LogP contribution in [0.15, 0.2) is 18.3 Å². The van der Waals surface area contributed by atoms with E-state index in [0.717, 1.165) is 18.9 Å². The van der Waals surface area contributed by atoms with E-state index in [4.69, 9.17) is 4.74 Å². The van der Waals surface area contributed by atoms with Crippen molar-refractivity contribution in [1.82, 2.24) is 4.98 Å². The molecule has 0 unspecified atom stereocenters. The number of aromatic nitrogens is 1. The van der Waals surface area contributed by atoms with Crippen LogP contribution in [0.2, 0.25) is 0 Å². The summed E-state index contributed by atoms with van der Waals surface area (Å²) in [6, 6.07) is 3.60. The third kappa shape index (κ3) is 2.95. The van der Waals surface area contributed by atoms with E-state index in [2.05, 4.69) is 23.7 Å². The molecule has 0 spiro atoms. The number of rotatable bonds is 5. The molecule has 0 aliphatic carbocycles. The van der Waals surface area contributed by atoms with Gasteiger partial charge in [-0.1, -0.05) is 0 Å². The Morgan fingerprint density at radius 1 is 1.31 bits per heavy atom. The van der Waals surface area contributed by atoms with Crippen LogP contribution in [0.5, 0.6) is 0 Å². The molecule has 16 heavy (non-hydrogen) atoms. The molecular weight excluding hydrogens is 204 g/mol. The Morgan fingerprint density at radius 2 is 2.00 bits per heavy atom. The molecule has 0 fully saturated rings.